The molecule has 1 aliphatic carbocycles. The number of rotatable bonds is 10. The Bertz CT molecular complexity index is 232. The molecule has 1 amide bonds. The van der Waals surface area contributed by atoms with Gasteiger partial charge in [-0.2, -0.15) is 0 Å². The molecule has 0 aromatic rings. The first-order valence-corrected chi connectivity index (χ1v) is 6.42. The molecule has 5 nitrogen and oxygen atoms in total. The highest BCUT2D eigenvalue weighted by Gasteiger charge is 2.21. The average Bonchev–Trinajstić information content (AvgIpc) is 3.07. The first-order chi connectivity index (χ1) is 8.13. The quantitative estimate of drug-likeness (QED) is 0.522. The summed E-state index contributed by atoms with van der Waals surface area (Å²) in [7, 11) is 1.98. The largest absolute Gasteiger partial charge is 0.380 e. The van der Waals surface area contributed by atoms with Crippen molar-refractivity contribution < 1.29 is 9.53 Å². The van der Waals surface area contributed by atoms with Crippen molar-refractivity contribution in [1.82, 2.24) is 10.2 Å². The van der Waals surface area contributed by atoms with Gasteiger partial charge in [-0.3, -0.25) is 4.79 Å². The summed E-state index contributed by atoms with van der Waals surface area (Å²) < 4.78 is 5.55. The summed E-state index contributed by atoms with van der Waals surface area (Å²) >= 11 is 0. The molecule has 5 heteroatoms. The van der Waals surface area contributed by atoms with Gasteiger partial charge in [0.1, 0.15) is 0 Å². The summed E-state index contributed by atoms with van der Waals surface area (Å²) in [6, 6.07) is -0.270. The molecule has 100 valence electrons. The zero-order valence-corrected chi connectivity index (χ0v) is 10.9. The van der Waals surface area contributed by atoms with Crippen LogP contribution in [0.2, 0.25) is 0 Å². The molecule has 0 spiro atoms. The first kappa shape index (κ1) is 14.4. The second-order valence-corrected chi connectivity index (χ2v) is 4.79. The van der Waals surface area contributed by atoms with Gasteiger partial charge >= 0.3 is 0 Å². The maximum Gasteiger partial charge on any atom is 0.235 e. The molecular weight excluding hydrogens is 218 g/mol. The van der Waals surface area contributed by atoms with E-state index < -0.39 is 0 Å². The molecule has 17 heavy (non-hydrogen) atoms. The molecule has 1 fully saturated rings. The Hall–Kier alpha value is -0.650. The standard InChI is InChI=1S/C12H25N3O2/c1-3-14-11(12(13)16)8-15(2)6-7-17-9-10-4-5-10/h10-11,14H,3-9H2,1-2H3,(H2,13,16). The van der Waals surface area contributed by atoms with Gasteiger partial charge in [-0.15, -0.1) is 0 Å². The summed E-state index contributed by atoms with van der Waals surface area (Å²) in [5.41, 5.74) is 5.31. The van der Waals surface area contributed by atoms with Gasteiger partial charge in [0.05, 0.1) is 12.6 Å². The van der Waals surface area contributed by atoms with E-state index in [4.69, 9.17) is 10.5 Å². The van der Waals surface area contributed by atoms with Crippen LogP contribution in [0.25, 0.3) is 0 Å². The van der Waals surface area contributed by atoms with Gasteiger partial charge in [-0.25, -0.2) is 0 Å². The number of amides is 1. The van der Waals surface area contributed by atoms with Crippen LogP contribution in [-0.4, -0.2) is 56.7 Å². The molecule has 1 saturated carbocycles. The van der Waals surface area contributed by atoms with Crippen LogP contribution in [0.3, 0.4) is 0 Å². The molecule has 1 aliphatic rings. The molecule has 1 atom stereocenters. The van der Waals surface area contributed by atoms with E-state index in [1.54, 1.807) is 0 Å². The Morgan fingerprint density at radius 3 is 2.82 bits per heavy atom. The topological polar surface area (TPSA) is 67.6 Å². The molecule has 0 saturated heterocycles. The third kappa shape index (κ3) is 6.61. The number of carbonyl (C=O) groups is 1. The minimum Gasteiger partial charge on any atom is -0.380 e. The van der Waals surface area contributed by atoms with Gasteiger partial charge in [-0.1, -0.05) is 6.92 Å². The van der Waals surface area contributed by atoms with Crippen LogP contribution >= 0.6 is 0 Å². The van der Waals surface area contributed by atoms with Crippen LogP contribution in [0.15, 0.2) is 0 Å². The molecule has 0 aliphatic heterocycles. The average molecular weight is 243 g/mol. The number of hydrogen-bond donors (Lipinski definition) is 2. The molecule has 0 aromatic carbocycles. The van der Waals surface area contributed by atoms with Gasteiger partial charge in [0.2, 0.25) is 5.91 Å². The van der Waals surface area contributed by atoms with E-state index in [0.29, 0.717) is 6.54 Å². The molecule has 1 unspecified atom stereocenters. The summed E-state index contributed by atoms with van der Waals surface area (Å²) in [5, 5.41) is 3.07. The highest BCUT2D eigenvalue weighted by atomic mass is 16.5. The number of carbonyl (C=O) groups excluding carboxylic acids is 1. The van der Waals surface area contributed by atoms with Crippen molar-refractivity contribution in [1.29, 1.82) is 0 Å². The number of ether oxygens (including phenoxy) is 1. The molecular formula is C12H25N3O2. The number of likely N-dealkylation sites (N-methyl/N-ethyl adjacent to an activating group) is 2. The number of nitrogens with two attached hydrogens (primary N) is 1. The van der Waals surface area contributed by atoms with Crippen LogP contribution < -0.4 is 11.1 Å². The lowest BCUT2D eigenvalue weighted by molar-refractivity contribution is -0.120. The van der Waals surface area contributed by atoms with Crippen molar-refractivity contribution in [2.45, 2.75) is 25.8 Å². The van der Waals surface area contributed by atoms with E-state index in [2.05, 4.69) is 10.2 Å². The third-order valence-electron chi connectivity index (χ3n) is 2.96. The van der Waals surface area contributed by atoms with E-state index in [-0.39, 0.29) is 11.9 Å². The minimum absolute atomic E-state index is 0.270. The van der Waals surface area contributed by atoms with Gasteiger partial charge in [-0.05, 0) is 32.4 Å². The van der Waals surface area contributed by atoms with Crippen LogP contribution in [0, 0.1) is 5.92 Å². The number of hydrogen-bond acceptors (Lipinski definition) is 4. The van der Waals surface area contributed by atoms with E-state index in [1.165, 1.54) is 12.8 Å². The predicted octanol–water partition coefficient (Wildman–Crippen LogP) is -0.192. The van der Waals surface area contributed by atoms with Gasteiger partial charge in [0.25, 0.3) is 0 Å². The van der Waals surface area contributed by atoms with Crippen molar-refractivity contribution in [2.24, 2.45) is 11.7 Å². The molecule has 0 aromatic heterocycles. The Morgan fingerprint density at radius 1 is 1.59 bits per heavy atom. The van der Waals surface area contributed by atoms with Crippen molar-refractivity contribution in [3.8, 4) is 0 Å². The van der Waals surface area contributed by atoms with Crippen molar-refractivity contribution in [3.63, 3.8) is 0 Å². The lowest BCUT2D eigenvalue weighted by Crippen LogP contribution is -2.48. The van der Waals surface area contributed by atoms with Crippen molar-refractivity contribution in [2.75, 3.05) is 39.9 Å². The Morgan fingerprint density at radius 2 is 2.29 bits per heavy atom. The van der Waals surface area contributed by atoms with Gasteiger partial charge in [0, 0.05) is 19.7 Å². The Labute approximate surface area is 104 Å². The fourth-order valence-corrected chi connectivity index (χ4v) is 1.66. The van der Waals surface area contributed by atoms with E-state index in [1.807, 2.05) is 14.0 Å². The first-order valence-electron chi connectivity index (χ1n) is 6.42. The summed E-state index contributed by atoms with van der Waals surface area (Å²) in [6.07, 6.45) is 2.64. The summed E-state index contributed by atoms with van der Waals surface area (Å²) in [4.78, 5) is 13.2. The van der Waals surface area contributed by atoms with E-state index >= 15 is 0 Å². The Balaban J connectivity index is 2.07. The molecule has 3 N–H and O–H groups in total. The second-order valence-electron chi connectivity index (χ2n) is 4.79. The lowest BCUT2D eigenvalue weighted by atomic mass is 10.2. The van der Waals surface area contributed by atoms with Crippen LogP contribution in [0.1, 0.15) is 19.8 Å². The molecule has 0 radical (unpaired) electrons. The highest BCUT2D eigenvalue weighted by Crippen LogP contribution is 2.28. The number of primary amides is 1. The van der Waals surface area contributed by atoms with Gasteiger partial charge in [0.15, 0.2) is 0 Å². The van der Waals surface area contributed by atoms with Crippen LogP contribution in [-0.2, 0) is 9.53 Å². The van der Waals surface area contributed by atoms with E-state index in [0.717, 1.165) is 32.2 Å². The fraction of sp³-hybridized carbons (Fsp3) is 0.917. The monoisotopic (exact) mass is 243 g/mol. The fourth-order valence-electron chi connectivity index (χ4n) is 1.66. The van der Waals surface area contributed by atoms with Crippen LogP contribution in [0.4, 0.5) is 0 Å². The second kappa shape index (κ2) is 7.63. The number of nitrogens with one attached hydrogen (secondary N) is 1. The maximum absolute atomic E-state index is 11.2. The van der Waals surface area contributed by atoms with Gasteiger partial charge < -0.3 is 20.7 Å². The molecule has 0 bridgehead atoms. The van der Waals surface area contributed by atoms with E-state index in [9.17, 15) is 4.79 Å². The SMILES string of the molecule is CCNC(CN(C)CCOCC1CC1)C(N)=O. The van der Waals surface area contributed by atoms with Crippen molar-refractivity contribution in [3.05, 3.63) is 0 Å². The molecule has 0 heterocycles. The zero-order chi connectivity index (χ0) is 12.7. The minimum atomic E-state index is -0.294. The summed E-state index contributed by atoms with van der Waals surface area (Å²) in [5.74, 6) is 0.512. The highest BCUT2D eigenvalue weighted by molar-refractivity contribution is 5.80. The Kier molecular flexibility index (Phi) is 6.47. The lowest BCUT2D eigenvalue weighted by Gasteiger charge is -2.22. The maximum atomic E-state index is 11.2. The zero-order valence-electron chi connectivity index (χ0n) is 10.9. The normalized spacial score (nSPS) is 17.4. The molecule has 1 rings (SSSR count). The summed E-state index contributed by atoms with van der Waals surface area (Å²) in [6.45, 7) is 5.80. The smallest absolute Gasteiger partial charge is 0.235 e. The third-order valence-corrected chi connectivity index (χ3v) is 2.96. The predicted molar refractivity (Wildman–Crippen MR) is 67.7 cm³/mol. The number of nitrogens with zero attached hydrogens (tertiary/aromatic N) is 1. The van der Waals surface area contributed by atoms with Crippen molar-refractivity contribution >= 4 is 5.91 Å². The van der Waals surface area contributed by atoms with Crippen LogP contribution in [0.5, 0.6) is 0 Å².